The van der Waals surface area contributed by atoms with E-state index in [2.05, 4.69) is 10.1 Å². The van der Waals surface area contributed by atoms with Gasteiger partial charge in [-0.3, -0.25) is 4.68 Å². The van der Waals surface area contributed by atoms with Crippen LogP contribution >= 0.6 is 0 Å². The van der Waals surface area contributed by atoms with E-state index in [0.717, 1.165) is 11.1 Å². The van der Waals surface area contributed by atoms with Gasteiger partial charge >= 0.3 is 0 Å². The Labute approximate surface area is 93.5 Å². The lowest BCUT2D eigenvalue weighted by atomic mass is 10.1. The van der Waals surface area contributed by atoms with Crippen LogP contribution in [0.5, 0.6) is 0 Å². The number of aromatic nitrogens is 3. The van der Waals surface area contributed by atoms with Gasteiger partial charge in [-0.15, -0.1) is 0 Å². The molecule has 0 amide bonds. The van der Waals surface area contributed by atoms with Crippen molar-refractivity contribution in [2.75, 3.05) is 0 Å². The molecular formula is C11H14N4O. The fourth-order valence-electron chi connectivity index (χ4n) is 1.49. The van der Waals surface area contributed by atoms with E-state index in [9.17, 15) is 5.11 Å². The van der Waals surface area contributed by atoms with Gasteiger partial charge in [-0.25, -0.2) is 4.98 Å². The second kappa shape index (κ2) is 4.87. The molecule has 0 fully saturated rings. The Hall–Kier alpha value is -1.72. The molecule has 1 heterocycles. The first-order valence-electron chi connectivity index (χ1n) is 5.09. The second-order valence-corrected chi connectivity index (χ2v) is 3.58. The molecule has 3 N–H and O–H groups in total. The highest BCUT2D eigenvalue weighted by Crippen LogP contribution is 2.15. The molecule has 2 aromatic rings. The minimum Gasteiger partial charge on any atom is -0.386 e. The smallest absolute Gasteiger partial charge is 0.137 e. The monoisotopic (exact) mass is 218 g/mol. The van der Waals surface area contributed by atoms with Crippen LogP contribution in [0, 0.1) is 0 Å². The van der Waals surface area contributed by atoms with Gasteiger partial charge in [0.1, 0.15) is 12.7 Å². The van der Waals surface area contributed by atoms with Gasteiger partial charge in [0.25, 0.3) is 0 Å². The molecule has 0 spiro atoms. The average Bonchev–Trinajstić information content (AvgIpc) is 2.82. The van der Waals surface area contributed by atoms with Crippen molar-refractivity contribution in [1.29, 1.82) is 0 Å². The minimum absolute atomic E-state index is 0.405. The first-order valence-corrected chi connectivity index (χ1v) is 5.09. The van der Waals surface area contributed by atoms with Gasteiger partial charge in [-0.2, -0.15) is 5.10 Å². The normalized spacial score (nSPS) is 12.6. The highest BCUT2D eigenvalue weighted by molar-refractivity contribution is 5.23. The maximum absolute atomic E-state index is 9.94. The van der Waals surface area contributed by atoms with Gasteiger partial charge in [0.05, 0.1) is 12.6 Å². The van der Waals surface area contributed by atoms with Gasteiger partial charge in [0.15, 0.2) is 0 Å². The van der Waals surface area contributed by atoms with Gasteiger partial charge in [0, 0.05) is 6.54 Å². The summed E-state index contributed by atoms with van der Waals surface area (Å²) in [4.78, 5) is 3.82. The lowest BCUT2D eigenvalue weighted by molar-refractivity contribution is 0.151. The molecule has 16 heavy (non-hydrogen) atoms. The molecule has 5 heteroatoms. The quantitative estimate of drug-likeness (QED) is 0.782. The van der Waals surface area contributed by atoms with Crippen molar-refractivity contribution >= 4 is 0 Å². The van der Waals surface area contributed by atoms with Crippen LogP contribution in [0.3, 0.4) is 0 Å². The molecule has 0 saturated carbocycles. The second-order valence-electron chi connectivity index (χ2n) is 3.58. The summed E-state index contributed by atoms with van der Waals surface area (Å²) in [7, 11) is 0. The van der Waals surface area contributed by atoms with Crippen LogP contribution in [0.4, 0.5) is 0 Å². The number of benzene rings is 1. The highest BCUT2D eigenvalue weighted by atomic mass is 16.3. The van der Waals surface area contributed by atoms with Gasteiger partial charge < -0.3 is 10.8 Å². The molecule has 1 unspecified atom stereocenters. The fraction of sp³-hybridized carbons (Fsp3) is 0.273. The summed E-state index contributed by atoms with van der Waals surface area (Å²) in [5.74, 6) is 0. The Morgan fingerprint density at radius 1 is 1.31 bits per heavy atom. The molecule has 0 aliphatic carbocycles. The number of rotatable bonds is 4. The number of nitrogens with zero attached hydrogens (tertiary/aromatic N) is 3. The molecule has 0 aliphatic heterocycles. The molecule has 1 atom stereocenters. The first-order chi connectivity index (χ1) is 7.79. The van der Waals surface area contributed by atoms with Crippen LogP contribution in [0.2, 0.25) is 0 Å². The van der Waals surface area contributed by atoms with Crippen LogP contribution in [0.25, 0.3) is 0 Å². The Morgan fingerprint density at radius 2 is 2.06 bits per heavy atom. The third-order valence-corrected chi connectivity index (χ3v) is 2.43. The third-order valence-electron chi connectivity index (χ3n) is 2.43. The molecule has 1 aromatic heterocycles. The summed E-state index contributed by atoms with van der Waals surface area (Å²) in [5, 5.41) is 13.9. The lowest BCUT2D eigenvalue weighted by Gasteiger charge is -2.11. The number of hydrogen-bond acceptors (Lipinski definition) is 4. The molecule has 2 rings (SSSR count). The van der Waals surface area contributed by atoms with Crippen LogP contribution in [0.15, 0.2) is 36.9 Å². The van der Waals surface area contributed by atoms with Gasteiger partial charge in [0.2, 0.25) is 0 Å². The SMILES string of the molecule is NCc1ccc(C(O)Cn2cncn2)cc1. The Balaban J connectivity index is 2.05. The van der Waals surface area contributed by atoms with Crippen molar-refractivity contribution in [2.24, 2.45) is 5.73 Å². The first kappa shape index (κ1) is 10.8. The van der Waals surface area contributed by atoms with Crippen molar-refractivity contribution in [3.05, 3.63) is 48.0 Å². The van der Waals surface area contributed by atoms with E-state index in [4.69, 9.17) is 5.73 Å². The average molecular weight is 218 g/mol. The van der Waals surface area contributed by atoms with Crippen molar-refractivity contribution in [3.63, 3.8) is 0 Å². The Morgan fingerprint density at radius 3 is 2.62 bits per heavy atom. The number of aliphatic hydroxyl groups excluding tert-OH is 1. The summed E-state index contributed by atoms with van der Waals surface area (Å²) >= 11 is 0. The summed E-state index contributed by atoms with van der Waals surface area (Å²) in [6.07, 6.45) is 2.45. The number of nitrogens with two attached hydrogens (primary N) is 1. The summed E-state index contributed by atoms with van der Waals surface area (Å²) < 4.78 is 1.60. The van der Waals surface area contributed by atoms with E-state index < -0.39 is 6.10 Å². The van der Waals surface area contributed by atoms with Crippen molar-refractivity contribution < 1.29 is 5.11 Å². The van der Waals surface area contributed by atoms with E-state index in [1.54, 1.807) is 11.0 Å². The Bertz CT molecular complexity index is 424. The number of aliphatic hydroxyl groups is 1. The zero-order chi connectivity index (χ0) is 11.4. The maximum atomic E-state index is 9.94. The standard InChI is InChI=1S/C11H14N4O/c12-5-9-1-3-10(4-2-9)11(16)6-15-8-13-7-14-15/h1-4,7-8,11,16H,5-6,12H2. The van der Waals surface area contributed by atoms with Crippen molar-refractivity contribution in [1.82, 2.24) is 14.8 Å². The largest absolute Gasteiger partial charge is 0.386 e. The van der Waals surface area contributed by atoms with Gasteiger partial charge in [-0.05, 0) is 11.1 Å². The van der Waals surface area contributed by atoms with Crippen LogP contribution in [0.1, 0.15) is 17.2 Å². The lowest BCUT2D eigenvalue weighted by Crippen LogP contribution is -2.09. The van der Waals surface area contributed by atoms with E-state index in [1.807, 2.05) is 24.3 Å². The molecule has 0 bridgehead atoms. The third kappa shape index (κ3) is 2.44. The van der Waals surface area contributed by atoms with Crippen molar-refractivity contribution in [2.45, 2.75) is 19.2 Å². The molecule has 0 saturated heterocycles. The van der Waals surface area contributed by atoms with Crippen LogP contribution < -0.4 is 5.73 Å². The van der Waals surface area contributed by atoms with E-state index in [0.29, 0.717) is 13.1 Å². The zero-order valence-electron chi connectivity index (χ0n) is 8.82. The molecular weight excluding hydrogens is 204 g/mol. The summed E-state index contributed by atoms with van der Waals surface area (Å²) in [5.41, 5.74) is 7.41. The molecule has 1 aromatic carbocycles. The van der Waals surface area contributed by atoms with E-state index >= 15 is 0 Å². The maximum Gasteiger partial charge on any atom is 0.137 e. The fourth-order valence-corrected chi connectivity index (χ4v) is 1.49. The van der Waals surface area contributed by atoms with Crippen molar-refractivity contribution in [3.8, 4) is 0 Å². The molecule has 0 radical (unpaired) electrons. The van der Waals surface area contributed by atoms with E-state index in [-0.39, 0.29) is 0 Å². The molecule has 5 nitrogen and oxygen atoms in total. The topological polar surface area (TPSA) is 77.0 Å². The van der Waals surface area contributed by atoms with Crippen LogP contribution in [-0.2, 0) is 13.1 Å². The minimum atomic E-state index is -0.575. The molecule has 0 aliphatic rings. The summed E-state index contributed by atoms with van der Waals surface area (Å²) in [6.45, 7) is 0.918. The summed E-state index contributed by atoms with van der Waals surface area (Å²) in [6, 6.07) is 7.59. The highest BCUT2D eigenvalue weighted by Gasteiger charge is 2.08. The zero-order valence-corrected chi connectivity index (χ0v) is 8.82. The Kier molecular flexibility index (Phi) is 3.28. The van der Waals surface area contributed by atoms with Gasteiger partial charge in [-0.1, -0.05) is 24.3 Å². The number of hydrogen-bond donors (Lipinski definition) is 2. The van der Waals surface area contributed by atoms with E-state index in [1.165, 1.54) is 6.33 Å². The molecule has 84 valence electrons. The van der Waals surface area contributed by atoms with Crippen LogP contribution in [-0.4, -0.2) is 19.9 Å². The predicted octanol–water partition coefficient (Wildman–Crippen LogP) is 0.470. The predicted molar refractivity (Wildman–Crippen MR) is 59.3 cm³/mol.